The number of rotatable bonds is 7. The Morgan fingerprint density at radius 3 is 2.69 bits per heavy atom. The van der Waals surface area contributed by atoms with Crippen LogP contribution in [0.25, 0.3) is 0 Å². The second-order valence-electron chi connectivity index (χ2n) is 3.68. The van der Waals surface area contributed by atoms with Crippen LogP contribution in [0.15, 0.2) is 11.6 Å². The van der Waals surface area contributed by atoms with Gasteiger partial charge in [-0.05, 0) is 39.0 Å². The molecule has 13 heavy (non-hydrogen) atoms. The molecule has 0 spiro atoms. The molecule has 2 heteroatoms. The third-order valence-corrected chi connectivity index (χ3v) is 1.98. The second-order valence-corrected chi connectivity index (χ2v) is 3.68. The molecule has 1 atom stereocenters. The predicted octanol–water partition coefficient (Wildman–Crippen LogP) is 2.84. The summed E-state index contributed by atoms with van der Waals surface area (Å²) < 4.78 is 4.51. The Morgan fingerprint density at radius 2 is 2.15 bits per heavy atom. The molecule has 0 aromatic heterocycles. The van der Waals surface area contributed by atoms with Gasteiger partial charge in [0.15, 0.2) is 0 Å². The van der Waals surface area contributed by atoms with E-state index in [0.717, 1.165) is 19.3 Å². The van der Waals surface area contributed by atoms with Crippen LogP contribution >= 0.6 is 0 Å². The minimum absolute atomic E-state index is 0.499. The van der Waals surface area contributed by atoms with Crippen molar-refractivity contribution >= 4 is 6.47 Å². The van der Waals surface area contributed by atoms with Crippen molar-refractivity contribution < 1.29 is 9.53 Å². The molecule has 1 unspecified atom stereocenters. The summed E-state index contributed by atoms with van der Waals surface area (Å²) >= 11 is 0. The van der Waals surface area contributed by atoms with Crippen LogP contribution < -0.4 is 0 Å². The molecule has 0 bridgehead atoms. The zero-order valence-corrected chi connectivity index (χ0v) is 8.80. The van der Waals surface area contributed by atoms with Crippen molar-refractivity contribution in [1.82, 2.24) is 0 Å². The first-order chi connectivity index (χ1) is 6.16. The minimum atomic E-state index is 0.499. The molecule has 0 saturated heterocycles. The molecule has 0 aromatic carbocycles. The fourth-order valence-corrected chi connectivity index (χ4v) is 1.10. The summed E-state index contributed by atoms with van der Waals surface area (Å²) in [5, 5.41) is 0. The third-order valence-electron chi connectivity index (χ3n) is 1.98. The number of carbonyl (C=O) groups excluding carboxylic acids is 1. The Bertz CT molecular complexity index is 157. The first-order valence-electron chi connectivity index (χ1n) is 4.79. The molecule has 0 aliphatic rings. The maximum Gasteiger partial charge on any atom is 0.417 e. The van der Waals surface area contributed by atoms with Crippen molar-refractivity contribution in [3.05, 3.63) is 11.6 Å². The maximum atomic E-state index is 9.73. The zero-order chi connectivity index (χ0) is 10.1. The summed E-state index contributed by atoms with van der Waals surface area (Å²) in [6.07, 6.45) is 5.46. The van der Waals surface area contributed by atoms with Crippen LogP contribution in [0.3, 0.4) is 0 Å². The van der Waals surface area contributed by atoms with E-state index in [1.54, 1.807) is 0 Å². The van der Waals surface area contributed by atoms with Crippen molar-refractivity contribution in [3.8, 4) is 0 Å². The van der Waals surface area contributed by atoms with E-state index in [1.807, 2.05) is 0 Å². The molecule has 75 valence electrons. The van der Waals surface area contributed by atoms with Crippen LogP contribution in [0.5, 0.6) is 0 Å². The highest BCUT2D eigenvalue weighted by atomic mass is 16.5. The summed E-state index contributed by atoms with van der Waals surface area (Å²) in [5.74, 6) is 0.615. The molecule has 0 saturated carbocycles. The largest absolute Gasteiger partial charge is 0.457 e. The topological polar surface area (TPSA) is 26.3 Å². The van der Waals surface area contributed by atoms with E-state index in [-0.39, 0.29) is 0 Å². The Balaban J connectivity index is 3.34. The van der Waals surface area contributed by atoms with E-state index in [2.05, 4.69) is 31.6 Å². The highest BCUT2D eigenvalue weighted by Crippen LogP contribution is 2.11. The Labute approximate surface area is 81.0 Å². The molecule has 0 rings (SSSR count). The van der Waals surface area contributed by atoms with Gasteiger partial charge in [-0.15, -0.1) is 0 Å². The van der Waals surface area contributed by atoms with Crippen molar-refractivity contribution in [3.63, 3.8) is 0 Å². The van der Waals surface area contributed by atoms with Crippen LogP contribution in [-0.2, 0) is 9.53 Å². The lowest BCUT2D eigenvalue weighted by molar-refractivity contribution is 0.250. The Morgan fingerprint density at radius 1 is 1.46 bits per heavy atom. The van der Waals surface area contributed by atoms with Crippen molar-refractivity contribution in [2.24, 2.45) is 5.92 Å². The number of allylic oxidation sites excluding steroid dienone is 2. The molecule has 0 N–H and O–H groups in total. The maximum absolute atomic E-state index is 9.73. The molecular formula is C11H19O2. The molecule has 0 amide bonds. The quantitative estimate of drug-likeness (QED) is 0.448. The fraction of sp³-hybridized carbons (Fsp3) is 0.727. The summed E-state index contributed by atoms with van der Waals surface area (Å²) in [5.41, 5.74) is 1.37. The highest BCUT2D eigenvalue weighted by molar-refractivity contribution is 5.37. The molecule has 0 aromatic rings. The predicted molar refractivity (Wildman–Crippen MR) is 54.1 cm³/mol. The standard InChI is InChI=1S/C11H19O2/c1-10(2)5-4-6-11(3)7-8-13-9-12/h5,11H,4,6-8H2,1-3H3. The lowest BCUT2D eigenvalue weighted by Crippen LogP contribution is -2.00. The van der Waals surface area contributed by atoms with Gasteiger partial charge in [0.2, 0.25) is 0 Å². The average Bonchev–Trinajstić information content (AvgIpc) is 2.04. The van der Waals surface area contributed by atoms with E-state index in [9.17, 15) is 4.79 Å². The monoisotopic (exact) mass is 183 g/mol. The van der Waals surface area contributed by atoms with Crippen LogP contribution in [0.2, 0.25) is 0 Å². The van der Waals surface area contributed by atoms with Gasteiger partial charge in [0, 0.05) is 0 Å². The molecule has 2 nitrogen and oxygen atoms in total. The number of hydrogen-bond acceptors (Lipinski definition) is 2. The van der Waals surface area contributed by atoms with Gasteiger partial charge in [0.25, 0.3) is 0 Å². The van der Waals surface area contributed by atoms with Gasteiger partial charge in [0.05, 0.1) is 6.61 Å². The van der Waals surface area contributed by atoms with Gasteiger partial charge in [0.1, 0.15) is 0 Å². The average molecular weight is 183 g/mol. The molecule has 1 radical (unpaired) electrons. The minimum Gasteiger partial charge on any atom is -0.457 e. The van der Waals surface area contributed by atoms with Crippen molar-refractivity contribution in [1.29, 1.82) is 0 Å². The molecule has 0 aliphatic heterocycles. The normalized spacial score (nSPS) is 11.9. The van der Waals surface area contributed by atoms with E-state index >= 15 is 0 Å². The summed E-state index contributed by atoms with van der Waals surface area (Å²) in [6, 6.07) is 0. The lowest BCUT2D eigenvalue weighted by atomic mass is 10.0. The van der Waals surface area contributed by atoms with E-state index in [4.69, 9.17) is 0 Å². The van der Waals surface area contributed by atoms with Crippen LogP contribution in [0, 0.1) is 5.92 Å². The molecule has 0 fully saturated rings. The van der Waals surface area contributed by atoms with Gasteiger partial charge < -0.3 is 4.74 Å². The Hall–Kier alpha value is -0.790. The van der Waals surface area contributed by atoms with Gasteiger partial charge in [-0.2, -0.15) is 0 Å². The highest BCUT2D eigenvalue weighted by Gasteiger charge is 2.00. The number of ether oxygens (including phenoxy) is 1. The zero-order valence-electron chi connectivity index (χ0n) is 8.80. The second kappa shape index (κ2) is 7.84. The van der Waals surface area contributed by atoms with Gasteiger partial charge in [-0.3, -0.25) is 0 Å². The van der Waals surface area contributed by atoms with E-state index in [1.165, 1.54) is 12.0 Å². The van der Waals surface area contributed by atoms with Crippen molar-refractivity contribution in [2.75, 3.05) is 6.61 Å². The Kier molecular flexibility index (Phi) is 7.36. The molecule has 0 heterocycles. The SMILES string of the molecule is CC(C)=CCCC(C)CCO[C]=O. The fourth-order valence-electron chi connectivity index (χ4n) is 1.10. The number of hydrogen-bond donors (Lipinski definition) is 0. The van der Waals surface area contributed by atoms with Crippen LogP contribution in [0.4, 0.5) is 0 Å². The first-order valence-corrected chi connectivity index (χ1v) is 4.79. The van der Waals surface area contributed by atoms with Gasteiger partial charge in [-0.25, -0.2) is 4.79 Å². The van der Waals surface area contributed by atoms with Gasteiger partial charge in [-0.1, -0.05) is 18.6 Å². The van der Waals surface area contributed by atoms with Crippen molar-refractivity contribution in [2.45, 2.75) is 40.0 Å². The summed E-state index contributed by atoms with van der Waals surface area (Å²) in [7, 11) is 0. The summed E-state index contributed by atoms with van der Waals surface area (Å²) in [6.45, 7) is 8.32. The lowest BCUT2D eigenvalue weighted by Gasteiger charge is -2.08. The van der Waals surface area contributed by atoms with Crippen LogP contribution in [0.1, 0.15) is 40.0 Å². The molecular weight excluding hydrogens is 164 g/mol. The van der Waals surface area contributed by atoms with E-state index < -0.39 is 0 Å². The smallest absolute Gasteiger partial charge is 0.417 e. The van der Waals surface area contributed by atoms with Gasteiger partial charge >= 0.3 is 6.47 Å². The molecule has 0 aliphatic carbocycles. The summed E-state index contributed by atoms with van der Waals surface area (Å²) in [4.78, 5) is 9.73. The first kappa shape index (κ1) is 12.2. The third kappa shape index (κ3) is 9.12. The van der Waals surface area contributed by atoms with Crippen LogP contribution in [-0.4, -0.2) is 13.1 Å². The van der Waals surface area contributed by atoms with E-state index in [0.29, 0.717) is 12.5 Å².